The van der Waals surface area contributed by atoms with Crippen molar-refractivity contribution >= 4 is 23.5 Å². The number of nitrogens with one attached hydrogen (secondary N) is 2. The fourth-order valence-corrected chi connectivity index (χ4v) is 4.39. The van der Waals surface area contributed by atoms with Crippen LogP contribution in [0.4, 0.5) is 10.2 Å². The van der Waals surface area contributed by atoms with Crippen LogP contribution in [0.5, 0.6) is 11.5 Å². The molecule has 1 aromatic heterocycles. The van der Waals surface area contributed by atoms with Gasteiger partial charge in [-0.15, -0.1) is 6.42 Å². The van der Waals surface area contributed by atoms with Crippen LogP contribution < -0.4 is 20.3 Å². The van der Waals surface area contributed by atoms with Gasteiger partial charge in [0.05, 0.1) is 12.7 Å². The molecule has 4 rings (SSSR count). The Labute approximate surface area is 193 Å². The molecule has 2 heterocycles. The van der Waals surface area contributed by atoms with Gasteiger partial charge in [0, 0.05) is 18.1 Å². The number of aromatic amines is 1. The normalized spacial score (nSPS) is 14.7. The van der Waals surface area contributed by atoms with Crippen LogP contribution >= 0.6 is 11.8 Å². The quantitative estimate of drug-likeness (QED) is 0.314. The van der Waals surface area contributed by atoms with Crippen molar-refractivity contribution in [2.75, 3.05) is 19.0 Å². The summed E-state index contributed by atoms with van der Waals surface area (Å²) in [5.74, 6) is 2.97. The van der Waals surface area contributed by atoms with Crippen LogP contribution in [0, 0.1) is 18.2 Å². The first kappa shape index (κ1) is 22.4. The Balaban J connectivity index is 1.63. The first-order chi connectivity index (χ1) is 16.0. The number of ether oxygens (including phenoxy) is 2. The Hall–Kier alpha value is -3.77. The zero-order valence-corrected chi connectivity index (χ0v) is 18.5. The maximum absolute atomic E-state index is 13.1. The van der Waals surface area contributed by atoms with E-state index in [1.54, 1.807) is 30.3 Å². The van der Waals surface area contributed by atoms with E-state index in [0.717, 1.165) is 11.1 Å². The summed E-state index contributed by atoms with van der Waals surface area (Å²) in [5, 5.41) is 3.06. The van der Waals surface area contributed by atoms with Crippen molar-refractivity contribution in [3.05, 3.63) is 75.3 Å². The van der Waals surface area contributed by atoms with Gasteiger partial charge in [0.2, 0.25) is 5.91 Å². The molecule has 3 aromatic rings. The highest BCUT2D eigenvalue weighted by molar-refractivity contribution is 7.98. The number of amides is 1. The van der Waals surface area contributed by atoms with E-state index in [4.69, 9.17) is 15.9 Å². The van der Waals surface area contributed by atoms with Gasteiger partial charge in [-0.3, -0.25) is 9.59 Å². The minimum absolute atomic E-state index is 0.0896. The number of H-pyrrole nitrogens is 1. The topological polar surface area (TPSA) is 93.3 Å². The number of hydrogen-bond donors (Lipinski definition) is 2. The molecule has 1 aliphatic rings. The van der Waals surface area contributed by atoms with Gasteiger partial charge in [0.25, 0.3) is 5.56 Å². The molecule has 1 atom stereocenters. The third-order valence-electron chi connectivity index (χ3n) is 5.12. The average Bonchev–Trinajstić information content (AvgIpc) is 2.81. The largest absolute Gasteiger partial charge is 0.493 e. The number of terminal acetylenes is 1. The van der Waals surface area contributed by atoms with Crippen LogP contribution in [0.1, 0.15) is 29.0 Å². The lowest BCUT2D eigenvalue weighted by Gasteiger charge is -2.25. The smallest absolute Gasteiger partial charge is 0.257 e. The molecule has 7 nitrogen and oxygen atoms in total. The summed E-state index contributed by atoms with van der Waals surface area (Å²) in [6, 6.07) is 11.3. The van der Waals surface area contributed by atoms with Gasteiger partial charge in [0.15, 0.2) is 16.7 Å². The second-order valence-corrected chi connectivity index (χ2v) is 8.22. The zero-order chi connectivity index (χ0) is 23.4. The van der Waals surface area contributed by atoms with Gasteiger partial charge < -0.3 is 19.8 Å². The van der Waals surface area contributed by atoms with Crippen molar-refractivity contribution in [3.63, 3.8) is 0 Å². The second-order valence-electron chi connectivity index (χ2n) is 7.26. The first-order valence-electron chi connectivity index (χ1n) is 10.0. The maximum Gasteiger partial charge on any atom is 0.257 e. The first-order valence-corrected chi connectivity index (χ1v) is 11.0. The monoisotopic (exact) mass is 465 g/mol. The molecular weight excluding hydrogens is 445 g/mol. The van der Waals surface area contributed by atoms with Gasteiger partial charge in [0.1, 0.15) is 18.2 Å². The number of methoxy groups -OCH3 is 1. The number of carbonyl (C=O) groups excluding carboxylic acids is 1. The lowest BCUT2D eigenvalue weighted by atomic mass is 9.86. The zero-order valence-electron chi connectivity index (χ0n) is 17.7. The molecule has 0 spiro atoms. The number of thioether (sulfide) groups is 1. The lowest BCUT2D eigenvalue weighted by Crippen LogP contribution is -2.31. The number of rotatable bonds is 7. The number of hydrogen-bond acceptors (Lipinski definition) is 6. The van der Waals surface area contributed by atoms with Crippen molar-refractivity contribution in [2.24, 2.45) is 0 Å². The van der Waals surface area contributed by atoms with E-state index < -0.39 is 5.92 Å². The van der Waals surface area contributed by atoms with Crippen molar-refractivity contribution < 1.29 is 18.7 Å². The number of halogens is 1. The Kier molecular flexibility index (Phi) is 6.66. The summed E-state index contributed by atoms with van der Waals surface area (Å²) in [4.78, 5) is 32.7. The van der Waals surface area contributed by atoms with Gasteiger partial charge in [-0.2, -0.15) is 0 Å². The van der Waals surface area contributed by atoms with Crippen molar-refractivity contribution in [3.8, 4) is 23.8 Å². The summed E-state index contributed by atoms with van der Waals surface area (Å²) in [7, 11) is 1.50. The third kappa shape index (κ3) is 5.02. The van der Waals surface area contributed by atoms with Crippen molar-refractivity contribution in [2.45, 2.75) is 23.2 Å². The van der Waals surface area contributed by atoms with Gasteiger partial charge in [-0.25, -0.2) is 9.37 Å². The molecule has 0 radical (unpaired) electrons. The van der Waals surface area contributed by atoms with Crippen LogP contribution in [0.3, 0.4) is 0 Å². The van der Waals surface area contributed by atoms with E-state index in [1.165, 1.54) is 31.0 Å². The predicted molar refractivity (Wildman–Crippen MR) is 123 cm³/mol. The summed E-state index contributed by atoms with van der Waals surface area (Å²) < 4.78 is 24.0. The summed E-state index contributed by atoms with van der Waals surface area (Å²) in [5.41, 5.74) is 1.64. The molecule has 2 N–H and O–H groups in total. The highest BCUT2D eigenvalue weighted by Crippen LogP contribution is 2.38. The SMILES string of the molecule is C#CCOc1ccc(C2CC(=O)Nc3nc(SCc4ccc(F)cc4)[nH]c(=O)c32)cc1OC. The van der Waals surface area contributed by atoms with E-state index in [0.29, 0.717) is 28.0 Å². The van der Waals surface area contributed by atoms with Crippen LogP contribution in [0.2, 0.25) is 0 Å². The molecule has 0 saturated heterocycles. The van der Waals surface area contributed by atoms with Gasteiger partial charge in [-0.05, 0) is 35.4 Å². The van der Waals surface area contributed by atoms with E-state index in [-0.39, 0.29) is 36.1 Å². The number of carbonyl (C=O) groups is 1. The van der Waals surface area contributed by atoms with E-state index in [9.17, 15) is 14.0 Å². The summed E-state index contributed by atoms with van der Waals surface area (Å²) in [6.07, 6.45) is 5.34. The molecule has 0 aliphatic carbocycles. The number of fused-ring (bicyclic) bond motifs is 1. The molecule has 2 aromatic carbocycles. The molecule has 0 saturated carbocycles. The molecule has 0 fully saturated rings. The molecule has 0 bridgehead atoms. The van der Waals surface area contributed by atoms with Gasteiger partial charge in [-0.1, -0.05) is 35.9 Å². The van der Waals surface area contributed by atoms with Crippen LogP contribution in [0.25, 0.3) is 0 Å². The predicted octanol–water partition coefficient (Wildman–Crippen LogP) is 3.70. The molecule has 168 valence electrons. The summed E-state index contributed by atoms with van der Waals surface area (Å²) in [6.45, 7) is 0.0896. The van der Waals surface area contributed by atoms with E-state index in [2.05, 4.69) is 21.2 Å². The Morgan fingerprint density at radius 2 is 2.00 bits per heavy atom. The molecule has 1 aliphatic heterocycles. The van der Waals surface area contributed by atoms with Crippen LogP contribution in [-0.2, 0) is 10.5 Å². The van der Waals surface area contributed by atoms with Crippen molar-refractivity contribution in [1.82, 2.24) is 9.97 Å². The minimum Gasteiger partial charge on any atom is -0.493 e. The molecule has 33 heavy (non-hydrogen) atoms. The highest BCUT2D eigenvalue weighted by atomic mass is 32.2. The maximum atomic E-state index is 13.1. The fraction of sp³-hybridized carbons (Fsp3) is 0.208. The van der Waals surface area contributed by atoms with Crippen LogP contribution in [0.15, 0.2) is 52.4 Å². The Morgan fingerprint density at radius 3 is 2.73 bits per heavy atom. The number of nitrogens with zero attached hydrogens (tertiary/aromatic N) is 1. The van der Waals surface area contributed by atoms with E-state index >= 15 is 0 Å². The summed E-state index contributed by atoms with van der Waals surface area (Å²) >= 11 is 1.29. The van der Waals surface area contributed by atoms with Gasteiger partial charge >= 0.3 is 0 Å². The minimum atomic E-state index is -0.503. The second kappa shape index (κ2) is 9.79. The standard InChI is InChI=1S/C24H20FN3O4S/c1-3-10-32-18-9-6-15(11-19(18)31-2)17-12-20(29)26-22-21(17)23(30)28-24(27-22)33-13-14-4-7-16(25)8-5-14/h1,4-9,11,17H,10,12-13H2,2H3,(H2,26,27,28,29,30). The highest BCUT2D eigenvalue weighted by Gasteiger charge is 2.31. The molecule has 9 heteroatoms. The number of anilines is 1. The molecule has 1 unspecified atom stereocenters. The third-order valence-corrected chi connectivity index (χ3v) is 6.06. The molecule has 1 amide bonds. The Bertz CT molecular complexity index is 1280. The fourth-order valence-electron chi connectivity index (χ4n) is 3.58. The average molecular weight is 466 g/mol. The van der Waals surface area contributed by atoms with E-state index in [1.807, 2.05) is 0 Å². The number of aromatic nitrogens is 2. The van der Waals surface area contributed by atoms with Crippen LogP contribution in [-0.4, -0.2) is 29.6 Å². The van der Waals surface area contributed by atoms with Crippen molar-refractivity contribution in [1.29, 1.82) is 0 Å². The number of benzene rings is 2. The Morgan fingerprint density at radius 1 is 1.21 bits per heavy atom. The molecular formula is C24H20FN3O4S. The lowest BCUT2D eigenvalue weighted by molar-refractivity contribution is -0.116.